The van der Waals surface area contributed by atoms with E-state index in [1.54, 1.807) is 0 Å². The number of anilines is 2. The van der Waals surface area contributed by atoms with Crippen molar-refractivity contribution in [2.24, 2.45) is 5.92 Å². The molecule has 6 heteroatoms. The normalized spacial score (nSPS) is 23.3. The largest absolute Gasteiger partial charge is 0.369 e. The second-order valence-corrected chi connectivity index (χ2v) is 7.74. The molecule has 1 aromatic rings. The van der Waals surface area contributed by atoms with Crippen LogP contribution in [0.4, 0.5) is 11.4 Å². The average Bonchev–Trinajstić information content (AvgIpc) is 2.69. The van der Waals surface area contributed by atoms with Gasteiger partial charge in [0.25, 0.3) is 0 Å². The van der Waals surface area contributed by atoms with Crippen LogP contribution in [0.3, 0.4) is 0 Å². The summed E-state index contributed by atoms with van der Waals surface area (Å²) in [4.78, 5) is 30.0. The number of piperidine rings is 2. The average molecular weight is 356 g/mol. The zero-order valence-corrected chi connectivity index (χ0v) is 15.5. The molecule has 3 aliphatic rings. The molecule has 4 rings (SSSR count). The van der Waals surface area contributed by atoms with Gasteiger partial charge in [-0.05, 0) is 57.5 Å². The molecule has 2 fully saturated rings. The predicted molar refractivity (Wildman–Crippen MR) is 102 cm³/mol. The Morgan fingerprint density at radius 1 is 1.12 bits per heavy atom. The summed E-state index contributed by atoms with van der Waals surface area (Å²) in [7, 11) is 0. The van der Waals surface area contributed by atoms with Crippen molar-refractivity contribution in [2.45, 2.75) is 38.1 Å². The Morgan fingerprint density at radius 2 is 1.77 bits per heavy atom. The first-order chi connectivity index (χ1) is 12.6. The van der Waals surface area contributed by atoms with Crippen molar-refractivity contribution in [3.8, 4) is 0 Å². The summed E-state index contributed by atoms with van der Waals surface area (Å²) >= 11 is 0. The lowest BCUT2D eigenvalue weighted by Crippen LogP contribution is -2.59. The summed E-state index contributed by atoms with van der Waals surface area (Å²) in [6.45, 7) is 6.57. The Labute approximate surface area is 154 Å². The molecule has 6 nitrogen and oxygen atoms in total. The molecule has 0 radical (unpaired) electrons. The fourth-order valence-corrected chi connectivity index (χ4v) is 4.47. The first-order valence-corrected chi connectivity index (χ1v) is 9.81. The smallest absolute Gasteiger partial charge is 0.250 e. The minimum absolute atomic E-state index is 0.0274. The van der Waals surface area contributed by atoms with Crippen LogP contribution in [0.2, 0.25) is 0 Å². The molecule has 0 saturated carbocycles. The van der Waals surface area contributed by atoms with Gasteiger partial charge in [-0.25, -0.2) is 0 Å². The Bertz CT molecular complexity index is 689. The fourth-order valence-electron chi connectivity index (χ4n) is 4.47. The third-order valence-corrected chi connectivity index (χ3v) is 6.30. The maximum Gasteiger partial charge on any atom is 0.250 e. The van der Waals surface area contributed by atoms with Crippen molar-refractivity contribution in [1.29, 1.82) is 0 Å². The molecule has 2 saturated heterocycles. The molecule has 1 aromatic carbocycles. The Morgan fingerprint density at radius 3 is 2.42 bits per heavy atom. The summed E-state index contributed by atoms with van der Waals surface area (Å²) in [6, 6.07) is 7.80. The SMILES string of the molecule is CCN1CCC(C(=O)N2CCC3(CC2)Nc2ccccc2NC3=O)CC1. The van der Waals surface area contributed by atoms with Crippen molar-refractivity contribution < 1.29 is 9.59 Å². The minimum atomic E-state index is -0.587. The first-order valence-electron chi connectivity index (χ1n) is 9.81. The van der Waals surface area contributed by atoms with Crippen LogP contribution in [0.1, 0.15) is 32.6 Å². The standard InChI is InChI=1S/C20H28N4O2/c1-2-23-11-7-15(8-12-23)18(25)24-13-9-20(10-14-24)19(26)21-16-5-3-4-6-17(16)22-20/h3-6,15,22H,2,7-14H2,1H3,(H,21,26). The van der Waals surface area contributed by atoms with Crippen molar-refractivity contribution in [2.75, 3.05) is 43.4 Å². The van der Waals surface area contributed by atoms with E-state index in [4.69, 9.17) is 0 Å². The van der Waals surface area contributed by atoms with Crippen molar-refractivity contribution in [1.82, 2.24) is 9.80 Å². The number of para-hydroxylation sites is 2. The van der Waals surface area contributed by atoms with E-state index < -0.39 is 5.54 Å². The van der Waals surface area contributed by atoms with Gasteiger partial charge < -0.3 is 20.4 Å². The summed E-state index contributed by atoms with van der Waals surface area (Å²) in [5, 5.41) is 6.49. The van der Waals surface area contributed by atoms with Crippen LogP contribution in [0, 0.1) is 5.92 Å². The van der Waals surface area contributed by atoms with Gasteiger partial charge in [-0.1, -0.05) is 19.1 Å². The second-order valence-electron chi connectivity index (χ2n) is 7.74. The molecule has 0 bridgehead atoms. The molecular formula is C20H28N4O2. The van der Waals surface area contributed by atoms with Crippen LogP contribution in [0.25, 0.3) is 0 Å². The third kappa shape index (κ3) is 3.07. The van der Waals surface area contributed by atoms with Gasteiger partial charge in [0, 0.05) is 19.0 Å². The zero-order valence-electron chi connectivity index (χ0n) is 15.5. The first kappa shape index (κ1) is 17.3. The molecule has 0 aromatic heterocycles. The van der Waals surface area contributed by atoms with Crippen LogP contribution >= 0.6 is 0 Å². The van der Waals surface area contributed by atoms with E-state index in [-0.39, 0.29) is 17.7 Å². The Kier molecular flexibility index (Phi) is 4.61. The second kappa shape index (κ2) is 6.91. The Hall–Kier alpha value is -2.08. The number of rotatable bonds is 2. The summed E-state index contributed by atoms with van der Waals surface area (Å²) in [6.07, 6.45) is 3.24. The molecule has 3 aliphatic heterocycles. The topological polar surface area (TPSA) is 64.7 Å². The van der Waals surface area contributed by atoms with Crippen molar-refractivity contribution in [3.63, 3.8) is 0 Å². The van der Waals surface area contributed by atoms with Gasteiger partial charge >= 0.3 is 0 Å². The third-order valence-electron chi connectivity index (χ3n) is 6.30. The number of hydrogen-bond donors (Lipinski definition) is 2. The van der Waals surface area contributed by atoms with E-state index in [0.717, 1.165) is 43.9 Å². The molecule has 0 atom stereocenters. The zero-order chi connectivity index (χ0) is 18.1. The van der Waals surface area contributed by atoms with Gasteiger partial charge in [0.2, 0.25) is 11.8 Å². The number of benzene rings is 1. The minimum Gasteiger partial charge on any atom is -0.369 e. The van der Waals surface area contributed by atoms with Gasteiger partial charge in [-0.3, -0.25) is 9.59 Å². The van der Waals surface area contributed by atoms with E-state index in [2.05, 4.69) is 22.5 Å². The predicted octanol–water partition coefficient (Wildman–Crippen LogP) is 2.14. The molecule has 26 heavy (non-hydrogen) atoms. The number of carbonyl (C=O) groups excluding carboxylic acids is 2. The Balaban J connectivity index is 1.38. The van der Waals surface area contributed by atoms with Gasteiger partial charge in [0.05, 0.1) is 11.4 Å². The van der Waals surface area contributed by atoms with Crippen molar-refractivity contribution in [3.05, 3.63) is 24.3 Å². The lowest BCUT2D eigenvalue weighted by molar-refractivity contribution is -0.140. The lowest BCUT2D eigenvalue weighted by atomic mass is 9.83. The molecule has 0 aliphatic carbocycles. The van der Waals surface area contributed by atoms with Crippen LogP contribution in [-0.2, 0) is 9.59 Å². The fraction of sp³-hybridized carbons (Fsp3) is 0.600. The number of amides is 2. The highest BCUT2D eigenvalue weighted by Crippen LogP contribution is 2.36. The van der Waals surface area contributed by atoms with Crippen LogP contribution < -0.4 is 10.6 Å². The van der Waals surface area contributed by atoms with E-state index in [9.17, 15) is 9.59 Å². The highest BCUT2D eigenvalue weighted by Gasteiger charge is 2.45. The van der Waals surface area contributed by atoms with Gasteiger partial charge in [-0.2, -0.15) is 0 Å². The number of nitrogens with one attached hydrogen (secondary N) is 2. The highest BCUT2D eigenvalue weighted by atomic mass is 16.2. The van der Waals surface area contributed by atoms with E-state index >= 15 is 0 Å². The maximum absolute atomic E-state index is 12.9. The summed E-state index contributed by atoms with van der Waals surface area (Å²) in [5.41, 5.74) is 1.22. The van der Waals surface area contributed by atoms with Gasteiger partial charge in [-0.15, -0.1) is 0 Å². The molecule has 2 N–H and O–H groups in total. The maximum atomic E-state index is 12.9. The number of nitrogens with zero attached hydrogens (tertiary/aromatic N) is 2. The molecule has 140 valence electrons. The van der Waals surface area contributed by atoms with Gasteiger partial charge in [0.15, 0.2) is 0 Å². The van der Waals surface area contributed by atoms with Crippen molar-refractivity contribution >= 4 is 23.2 Å². The number of likely N-dealkylation sites (tertiary alicyclic amines) is 2. The summed E-state index contributed by atoms with van der Waals surface area (Å²) < 4.78 is 0. The molecule has 2 amide bonds. The van der Waals surface area contributed by atoms with E-state index in [1.807, 2.05) is 29.2 Å². The van der Waals surface area contributed by atoms with Crippen LogP contribution in [0.5, 0.6) is 0 Å². The molecule has 1 spiro atoms. The van der Waals surface area contributed by atoms with Gasteiger partial charge in [0.1, 0.15) is 5.54 Å². The van der Waals surface area contributed by atoms with E-state index in [0.29, 0.717) is 25.9 Å². The number of hydrogen-bond acceptors (Lipinski definition) is 4. The van der Waals surface area contributed by atoms with Crippen LogP contribution in [0.15, 0.2) is 24.3 Å². The molecular weight excluding hydrogens is 328 g/mol. The number of fused-ring (bicyclic) bond motifs is 1. The van der Waals surface area contributed by atoms with Crippen LogP contribution in [-0.4, -0.2) is 59.9 Å². The lowest BCUT2D eigenvalue weighted by Gasteiger charge is -2.45. The number of carbonyl (C=O) groups is 2. The molecule has 0 unspecified atom stereocenters. The highest BCUT2D eigenvalue weighted by molar-refractivity contribution is 6.06. The van der Waals surface area contributed by atoms with E-state index in [1.165, 1.54) is 0 Å². The molecule has 3 heterocycles. The summed E-state index contributed by atoms with van der Waals surface area (Å²) in [5.74, 6) is 0.465. The quantitative estimate of drug-likeness (QED) is 0.852. The monoisotopic (exact) mass is 356 g/mol.